The number of carbonyl (C=O) groups is 1. The van der Waals surface area contributed by atoms with Gasteiger partial charge in [-0.3, -0.25) is 4.79 Å². The first kappa shape index (κ1) is 14.2. The maximum absolute atomic E-state index is 11.3. The average Bonchev–Trinajstić information content (AvgIpc) is 2.37. The molecule has 2 aromatic carbocycles. The molecule has 0 spiro atoms. The Hall–Kier alpha value is -2.23. The third-order valence-corrected chi connectivity index (χ3v) is 3.44. The molecule has 2 N–H and O–H groups in total. The second-order valence-corrected chi connectivity index (χ2v) is 5.19. The zero-order valence-corrected chi connectivity index (χ0v) is 12.0. The summed E-state index contributed by atoms with van der Waals surface area (Å²) in [6.45, 7) is 5.80. The smallest absolute Gasteiger partial charge is 0.169 e. The van der Waals surface area contributed by atoms with Gasteiger partial charge in [0.15, 0.2) is 17.8 Å². The van der Waals surface area contributed by atoms with Crippen LogP contribution in [0.5, 0.6) is 17.2 Å². The Kier molecular flexibility index (Phi) is 3.57. The Labute approximate surface area is 117 Å². The maximum atomic E-state index is 11.3. The highest BCUT2D eigenvalue weighted by Gasteiger charge is 2.23. The van der Waals surface area contributed by atoms with Crippen molar-refractivity contribution in [2.24, 2.45) is 0 Å². The van der Waals surface area contributed by atoms with Gasteiger partial charge >= 0.3 is 0 Å². The third kappa shape index (κ3) is 1.97. The van der Waals surface area contributed by atoms with E-state index in [0.717, 1.165) is 16.5 Å². The summed E-state index contributed by atoms with van der Waals surface area (Å²) in [6, 6.07) is 3.46. The van der Waals surface area contributed by atoms with Gasteiger partial charge in [0.1, 0.15) is 5.75 Å². The second-order valence-electron chi connectivity index (χ2n) is 5.19. The number of hydrogen-bond acceptors (Lipinski definition) is 4. The molecule has 0 saturated carbocycles. The Balaban J connectivity index is 3.12. The van der Waals surface area contributed by atoms with Gasteiger partial charge in [0.2, 0.25) is 0 Å². The molecule has 4 heteroatoms. The summed E-state index contributed by atoms with van der Waals surface area (Å²) < 4.78 is 5.28. The zero-order valence-electron chi connectivity index (χ0n) is 12.0. The zero-order chi connectivity index (χ0) is 15.0. The van der Waals surface area contributed by atoms with Crippen molar-refractivity contribution in [3.8, 4) is 17.2 Å². The number of aryl methyl sites for hydroxylation is 1. The molecule has 0 fully saturated rings. The van der Waals surface area contributed by atoms with Crippen molar-refractivity contribution in [2.75, 3.05) is 7.11 Å². The fourth-order valence-electron chi connectivity index (χ4n) is 2.65. The molecule has 0 saturated heterocycles. The standard InChI is InChI=1S/C16H18O4/c1-8(2)13-10-5-9(3)6-12(18)14(10)11(7-17)15(19)16(13)20-4/h5-8,18-19H,1-4H3. The highest BCUT2D eigenvalue weighted by atomic mass is 16.5. The first-order chi connectivity index (χ1) is 9.42. The summed E-state index contributed by atoms with van der Waals surface area (Å²) in [6.07, 6.45) is 0.541. The molecule has 0 aliphatic rings. The maximum Gasteiger partial charge on any atom is 0.169 e. The molecule has 0 heterocycles. The van der Waals surface area contributed by atoms with Gasteiger partial charge in [0.25, 0.3) is 0 Å². The van der Waals surface area contributed by atoms with E-state index in [1.54, 1.807) is 6.07 Å². The molecule has 0 bridgehead atoms. The van der Waals surface area contributed by atoms with Gasteiger partial charge in [-0.05, 0) is 29.9 Å². The van der Waals surface area contributed by atoms with Crippen LogP contribution in [0.15, 0.2) is 12.1 Å². The van der Waals surface area contributed by atoms with Crippen LogP contribution >= 0.6 is 0 Å². The number of benzene rings is 2. The van der Waals surface area contributed by atoms with Crippen molar-refractivity contribution >= 4 is 17.1 Å². The van der Waals surface area contributed by atoms with E-state index in [2.05, 4.69) is 0 Å². The molecule has 2 rings (SSSR count). The Bertz CT molecular complexity index is 687. The molecule has 20 heavy (non-hydrogen) atoms. The minimum atomic E-state index is -0.224. The number of hydrogen-bond donors (Lipinski definition) is 2. The van der Waals surface area contributed by atoms with Crippen LogP contribution in [0.2, 0.25) is 0 Å². The lowest BCUT2D eigenvalue weighted by atomic mass is 9.90. The van der Waals surface area contributed by atoms with Gasteiger partial charge in [-0.1, -0.05) is 19.9 Å². The van der Waals surface area contributed by atoms with E-state index in [4.69, 9.17) is 4.74 Å². The van der Waals surface area contributed by atoms with Crippen LogP contribution in [-0.2, 0) is 0 Å². The van der Waals surface area contributed by atoms with Gasteiger partial charge in [-0.25, -0.2) is 0 Å². The molecular formula is C16H18O4. The summed E-state index contributed by atoms with van der Waals surface area (Å²) in [4.78, 5) is 11.3. The molecular weight excluding hydrogens is 256 g/mol. The highest BCUT2D eigenvalue weighted by molar-refractivity contribution is 6.07. The second kappa shape index (κ2) is 5.04. The fraction of sp³-hybridized carbons (Fsp3) is 0.312. The molecule has 0 atom stereocenters. The predicted octanol–water partition coefficient (Wildman–Crippen LogP) is 3.50. The number of fused-ring (bicyclic) bond motifs is 1. The van der Waals surface area contributed by atoms with Crippen LogP contribution in [0.1, 0.15) is 41.3 Å². The fourth-order valence-corrected chi connectivity index (χ4v) is 2.65. The third-order valence-electron chi connectivity index (χ3n) is 3.44. The van der Waals surface area contributed by atoms with E-state index < -0.39 is 0 Å². The van der Waals surface area contributed by atoms with Crippen LogP contribution in [0.25, 0.3) is 10.8 Å². The summed E-state index contributed by atoms with van der Waals surface area (Å²) in [5, 5.41) is 21.5. The van der Waals surface area contributed by atoms with Crippen molar-refractivity contribution in [3.05, 3.63) is 28.8 Å². The van der Waals surface area contributed by atoms with Crippen molar-refractivity contribution < 1.29 is 19.7 Å². The molecule has 0 aromatic heterocycles. The van der Waals surface area contributed by atoms with Crippen molar-refractivity contribution in [1.82, 2.24) is 0 Å². The average molecular weight is 274 g/mol. The van der Waals surface area contributed by atoms with Crippen molar-refractivity contribution in [1.29, 1.82) is 0 Å². The van der Waals surface area contributed by atoms with Crippen LogP contribution < -0.4 is 4.74 Å². The minimum absolute atomic E-state index is 0.0121. The number of phenolic OH excluding ortho intramolecular Hbond substituents is 2. The molecule has 0 unspecified atom stereocenters. The lowest BCUT2D eigenvalue weighted by Crippen LogP contribution is -2.00. The Morgan fingerprint density at radius 1 is 1.25 bits per heavy atom. The molecule has 0 amide bonds. The van der Waals surface area contributed by atoms with Gasteiger partial charge in [0.05, 0.1) is 12.7 Å². The molecule has 2 aromatic rings. The van der Waals surface area contributed by atoms with E-state index in [9.17, 15) is 15.0 Å². The summed E-state index contributed by atoms with van der Waals surface area (Å²) in [5.74, 6) is 0.125. The van der Waals surface area contributed by atoms with E-state index in [1.807, 2.05) is 26.8 Å². The summed E-state index contributed by atoms with van der Waals surface area (Å²) in [5.41, 5.74) is 1.71. The Morgan fingerprint density at radius 2 is 1.90 bits per heavy atom. The number of carbonyl (C=O) groups excluding carboxylic acids is 1. The van der Waals surface area contributed by atoms with E-state index in [-0.39, 0.29) is 23.0 Å². The molecule has 0 radical (unpaired) electrons. The van der Waals surface area contributed by atoms with Gasteiger partial charge < -0.3 is 14.9 Å². The van der Waals surface area contributed by atoms with Crippen LogP contribution in [0, 0.1) is 6.92 Å². The molecule has 4 nitrogen and oxygen atoms in total. The SMILES string of the molecule is COc1c(O)c(C=O)c2c(O)cc(C)cc2c1C(C)C. The van der Waals surface area contributed by atoms with E-state index >= 15 is 0 Å². The first-order valence-electron chi connectivity index (χ1n) is 6.43. The number of aldehydes is 1. The number of phenols is 2. The lowest BCUT2D eigenvalue weighted by molar-refractivity contribution is 0.112. The van der Waals surface area contributed by atoms with Crippen molar-refractivity contribution in [2.45, 2.75) is 26.7 Å². The van der Waals surface area contributed by atoms with Gasteiger partial charge in [-0.2, -0.15) is 0 Å². The van der Waals surface area contributed by atoms with Crippen molar-refractivity contribution in [3.63, 3.8) is 0 Å². The van der Waals surface area contributed by atoms with Gasteiger partial charge in [-0.15, -0.1) is 0 Å². The lowest BCUT2D eigenvalue weighted by Gasteiger charge is -2.19. The topological polar surface area (TPSA) is 66.8 Å². The van der Waals surface area contributed by atoms with Crippen LogP contribution in [0.3, 0.4) is 0 Å². The number of aromatic hydroxyl groups is 2. The molecule has 0 aliphatic carbocycles. The normalized spacial score (nSPS) is 11.1. The number of ether oxygens (including phenoxy) is 1. The predicted molar refractivity (Wildman–Crippen MR) is 78.0 cm³/mol. The van der Waals surface area contributed by atoms with E-state index in [0.29, 0.717) is 17.4 Å². The molecule has 0 aliphatic heterocycles. The van der Waals surface area contributed by atoms with Crippen LogP contribution in [-0.4, -0.2) is 23.6 Å². The number of methoxy groups -OCH3 is 1. The summed E-state index contributed by atoms with van der Waals surface area (Å²) in [7, 11) is 1.46. The van der Waals surface area contributed by atoms with Gasteiger partial charge in [0, 0.05) is 10.9 Å². The first-order valence-corrected chi connectivity index (χ1v) is 6.43. The quantitative estimate of drug-likeness (QED) is 0.841. The number of rotatable bonds is 3. The molecule has 106 valence electrons. The largest absolute Gasteiger partial charge is 0.507 e. The van der Waals surface area contributed by atoms with E-state index in [1.165, 1.54) is 7.11 Å². The van der Waals surface area contributed by atoms with Crippen LogP contribution in [0.4, 0.5) is 0 Å². The Morgan fingerprint density at radius 3 is 2.40 bits per heavy atom. The minimum Gasteiger partial charge on any atom is -0.507 e. The monoisotopic (exact) mass is 274 g/mol. The summed E-state index contributed by atoms with van der Waals surface area (Å²) >= 11 is 0. The highest BCUT2D eigenvalue weighted by Crippen LogP contribution is 2.46.